The first kappa shape index (κ1) is 12.9. The lowest BCUT2D eigenvalue weighted by atomic mass is 10.1. The number of hydrogen-bond donors (Lipinski definition) is 0. The number of piperidine rings is 1. The van der Waals surface area contributed by atoms with Crippen LogP contribution in [0.15, 0.2) is 17.4 Å². The summed E-state index contributed by atoms with van der Waals surface area (Å²) in [6.07, 6.45) is 5.38. The molecule has 4 nitrogen and oxygen atoms in total. The molecule has 1 aliphatic heterocycles. The first-order chi connectivity index (χ1) is 8.65. The summed E-state index contributed by atoms with van der Waals surface area (Å²) < 4.78 is 1.74. The van der Waals surface area contributed by atoms with Gasteiger partial charge in [0.15, 0.2) is 0 Å². The average Bonchev–Trinajstić information content (AvgIpc) is 2.40. The van der Waals surface area contributed by atoms with Gasteiger partial charge in [0.05, 0.1) is 0 Å². The Balaban J connectivity index is 2.49. The predicted molar refractivity (Wildman–Crippen MR) is 74.2 cm³/mol. The maximum Gasteiger partial charge on any atom is 0.258 e. The smallest absolute Gasteiger partial charge is 0.258 e. The van der Waals surface area contributed by atoms with E-state index in [-0.39, 0.29) is 5.56 Å². The van der Waals surface area contributed by atoms with Crippen LogP contribution in [-0.2, 0) is 6.54 Å². The topological polar surface area (TPSA) is 38.1 Å². The summed E-state index contributed by atoms with van der Waals surface area (Å²) in [7, 11) is 0. The van der Waals surface area contributed by atoms with Gasteiger partial charge >= 0.3 is 0 Å². The van der Waals surface area contributed by atoms with Crippen molar-refractivity contribution in [1.29, 1.82) is 0 Å². The van der Waals surface area contributed by atoms with Crippen molar-refractivity contribution in [2.75, 3.05) is 18.0 Å². The molecule has 0 unspecified atom stereocenters. The Morgan fingerprint density at radius 2 is 1.94 bits per heavy atom. The highest BCUT2D eigenvalue weighted by molar-refractivity contribution is 5.35. The number of aromatic nitrogens is 2. The molecule has 1 fully saturated rings. The van der Waals surface area contributed by atoms with Crippen molar-refractivity contribution >= 4 is 5.95 Å². The second-order valence-electron chi connectivity index (χ2n) is 4.87. The Kier molecular flexibility index (Phi) is 3.84. The third-order valence-corrected chi connectivity index (χ3v) is 3.57. The predicted octanol–water partition coefficient (Wildman–Crippen LogP) is 2.04. The zero-order chi connectivity index (χ0) is 13.1. The van der Waals surface area contributed by atoms with Crippen LogP contribution in [0, 0.1) is 13.8 Å². The van der Waals surface area contributed by atoms with Crippen molar-refractivity contribution in [2.24, 2.45) is 0 Å². The fraction of sp³-hybridized carbons (Fsp3) is 0.571. The molecule has 0 N–H and O–H groups in total. The number of rotatable bonds is 3. The molecule has 1 saturated heterocycles. The molecule has 98 valence electrons. The van der Waals surface area contributed by atoms with Crippen molar-refractivity contribution in [3.8, 4) is 0 Å². The largest absolute Gasteiger partial charge is 0.342 e. The second kappa shape index (κ2) is 5.38. The number of nitrogens with zero attached hydrogens (tertiary/aromatic N) is 3. The van der Waals surface area contributed by atoms with Crippen LogP contribution >= 0.6 is 0 Å². The summed E-state index contributed by atoms with van der Waals surface area (Å²) in [6.45, 7) is 9.98. The summed E-state index contributed by atoms with van der Waals surface area (Å²) >= 11 is 0. The van der Waals surface area contributed by atoms with Gasteiger partial charge in [-0.15, -0.1) is 6.58 Å². The first-order valence-corrected chi connectivity index (χ1v) is 6.59. The Hall–Kier alpha value is -1.58. The maximum absolute atomic E-state index is 12.3. The lowest BCUT2D eigenvalue weighted by Gasteiger charge is -2.30. The van der Waals surface area contributed by atoms with Crippen LogP contribution in [0.1, 0.15) is 30.5 Å². The number of aryl methyl sites for hydroxylation is 1. The summed E-state index contributed by atoms with van der Waals surface area (Å²) in [5.41, 5.74) is 1.63. The van der Waals surface area contributed by atoms with E-state index in [2.05, 4.69) is 16.5 Å². The normalized spacial score (nSPS) is 15.8. The van der Waals surface area contributed by atoms with E-state index in [1.165, 1.54) is 19.3 Å². The van der Waals surface area contributed by atoms with Gasteiger partial charge in [0, 0.05) is 30.9 Å². The molecular formula is C14H21N3O. The van der Waals surface area contributed by atoms with Gasteiger partial charge in [0.25, 0.3) is 5.56 Å². The molecule has 0 aromatic carbocycles. The average molecular weight is 247 g/mol. The van der Waals surface area contributed by atoms with Gasteiger partial charge in [-0.25, -0.2) is 4.98 Å². The molecule has 0 bridgehead atoms. The third kappa shape index (κ3) is 2.33. The monoisotopic (exact) mass is 247 g/mol. The van der Waals surface area contributed by atoms with Gasteiger partial charge in [-0.3, -0.25) is 9.36 Å². The maximum atomic E-state index is 12.3. The van der Waals surface area contributed by atoms with Gasteiger partial charge in [-0.1, -0.05) is 6.08 Å². The Labute approximate surface area is 108 Å². The summed E-state index contributed by atoms with van der Waals surface area (Å²) in [4.78, 5) is 19.1. The van der Waals surface area contributed by atoms with E-state index in [0.717, 1.165) is 30.3 Å². The molecule has 0 atom stereocenters. The lowest BCUT2D eigenvalue weighted by molar-refractivity contribution is 0.550. The van der Waals surface area contributed by atoms with Crippen LogP contribution in [-0.4, -0.2) is 22.6 Å². The van der Waals surface area contributed by atoms with Crippen LogP contribution in [0.3, 0.4) is 0 Å². The van der Waals surface area contributed by atoms with Gasteiger partial charge in [0.1, 0.15) is 0 Å². The molecule has 0 aliphatic carbocycles. The van der Waals surface area contributed by atoms with Crippen LogP contribution in [0.4, 0.5) is 5.95 Å². The van der Waals surface area contributed by atoms with Crippen molar-refractivity contribution in [2.45, 2.75) is 39.7 Å². The molecule has 4 heteroatoms. The van der Waals surface area contributed by atoms with Crippen LogP contribution < -0.4 is 10.5 Å². The summed E-state index contributed by atoms with van der Waals surface area (Å²) in [5, 5.41) is 0. The van der Waals surface area contributed by atoms with E-state index in [1.807, 2.05) is 13.8 Å². The van der Waals surface area contributed by atoms with Crippen molar-refractivity contribution in [3.05, 3.63) is 34.3 Å². The van der Waals surface area contributed by atoms with Crippen molar-refractivity contribution in [1.82, 2.24) is 9.55 Å². The number of allylic oxidation sites excluding steroid dienone is 1. The quantitative estimate of drug-likeness (QED) is 0.767. The Morgan fingerprint density at radius 3 is 2.56 bits per heavy atom. The van der Waals surface area contributed by atoms with E-state index in [1.54, 1.807) is 10.6 Å². The molecule has 2 heterocycles. The highest BCUT2D eigenvalue weighted by Gasteiger charge is 2.18. The molecule has 2 rings (SSSR count). The van der Waals surface area contributed by atoms with Crippen LogP contribution in [0.2, 0.25) is 0 Å². The first-order valence-electron chi connectivity index (χ1n) is 6.59. The fourth-order valence-electron chi connectivity index (χ4n) is 2.37. The van der Waals surface area contributed by atoms with Crippen LogP contribution in [0.25, 0.3) is 0 Å². The van der Waals surface area contributed by atoms with E-state index >= 15 is 0 Å². The molecule has 0 spiro atoms. The molecule has 0 saturated carbocycles. The van der Waals surface area contributed by atoms with Crippen molar-refractivity contribution in [3.63, 3.8) is 0 Å². The van der Waals surface area contributed by atoms with E-state index < -0.39 is 0 Å². The molecule has 1 aliphatic rings. The lowest BCUT2D eigenvalue weighted by Crippen LogP contribution is -2.37. The Morgan fingerprint density at radius 1 is 1.28 bits per heavy atom. The highest BCUT2D eigenvalue weighted by Crippen LogP contribution is 2.17. The van der Waals surface area contributed by atoms with Gasteiger partial charge < -0.3 is 4.90 Å². The highest BCUT2D eigenvalue weighted by atomic mass is 16.1. The van der Waals surface area contributed by atoms with E-state index in [0.29, 0.717) is 6.54 Å². The molecule has 0 radical (unpaired) electrons. The zero-order valence-electron chi connectivity index (χ0n) is 11.3. The molecule has 0 amide bonds. The minimum absolute atomic E-state index is 0.0583. The van der Waals surface area contributed by atoms with E-state index in [9.17, 15) is 4.79 Å². The standard InChI is InChI=1S/C14H21N3O/c1-4-8-17-13(18)11(2)12(3)15-14(17)16-9-6-5-7-10-16/h4H,1,5-10H2,2-3H3. The molecule has 1 aromatic rings. The van der Waals surface area contributed by atoms with Gasteiger partial charge in [-0.2, -0.15) is 0 Å². The number of hydrogen-bond acceptors (Lipinski definition) is 3. The second-order valence-corrected chi connectivity index (χ2v) is 4.87. The fourth-order valence-corrected chi connectivity index (χ4v) is 2.37. The van der Waals surface area contributed by atoms with E-state index in [4.69, 9.17) is 0 Å². The minimum atomic E-state index is 0.0583. The Bertz CT molecular complexity index is 498. The van der Waals surface area contributed by atoms with Gasteiger partial charge in [0.2, 0.25) is 5.95 Å². The van der Waals surface area contributed by atoms with Crippen molar-refractivity contribution < 1.29 is 0 Å². The molecule has 1 aromatic heterocycles. The third-order valence-electron chi connectivity index (χ3n) is 3.57. The van der Waals surface area contributed by atoms with Gasteiger partial charge in [-0.05, 0) is 33.1 Å². The van der Waals surface area contributed by atoms with Crippen LogP contribution in [0.5, 0.6) is 0 Å². The molecule has 18 heavy (non-hydrogen) atoms. The summed E-state index contributed by atoms with van der Waals surface area (Å²) in [5.74, 6) is 0.808. The zero-order valence-corrected chi connectivity index (χ0v) is 11.3. The molecular weight excluding hydrogens is 226 g/mol. The number of anilines is 1. The minimum Gasteiger partial charge on any atom is -0.342 e. The SMILES string of the molecule is C=CCn1c(N2CCCCC2)nc(C)c(C)c1=O. The summed E-state index contributed by atoms with van der Waals surface area (Å²) in [6, 6.07) is 0.